The molecular formula is C27H34N2O5. The second kappa shape index (κ2) is 10.3. The van der Waals surface area contributed by atoms with Crippen molar-refractivity contribution in [1.82, 2.24) is 10.6 Å². The molecule has 0 saturated carbocycles. The number of nitrogens with one attached hydrogen (secondary N) is 2. The Morgan fingerprint density at radius 2 is 1.50 bits per heavy atom. The summed E-state index contributed by atoms with van der Waals surface area (Å²) < 4.78 is 5.61. The first-order chi connectivity index (χ1) is 16.0. The molecule has 7 nitrogen and oxygen atoms in total. The van der Waals surface area contributed by atoms with Crippen LogP contribution in [0.1, 0.15) is 51.7 Å². The van der Waals surface area contributed by atoms with Crippen LogP contribution < -0.4 is 10.6 Å². The first-order valence-electron chi connectivity index (χ1n) is 11.7. The fourth-order valence-corrected chi connectivity index (χ4v) is 4.52. The van der Waals surface area contributed by atoms with Crippen LogP contribution in [0.4, 0.5) is 4.79 Å². The number of rotatable bonds is 9. The first-order valence-corrected chi connectivity index (χ1v) is 11.7. The van der Waals surface area contributed by atoms with Crippen molar-refractivity contribution in [3.8, 4) is 11.1 Å². The molecule has 0 saturated heterocycles. The average molecular weight is 467 g/mol. The van der Waals surface area contributed by atoms with Crippen LogP contribution in [0.2, 0.25) is 0 Å². The number of carbonyl (C=O) groups excluding carboxylic acids is 2. The number of fused-ring (bicyclic) bond motifs is 3. The van der Waals surface area contributed by atoms with Crippen molar-refractivity contribution < 1.29 is 24.2 Å². The number of carbonyl (C=O) groups is 3. The number of benzene rings is 2. The Morgan fingerprint density at radius 3 is 2.00 bits per heavy atom. The summed E-state index contributed by atoms with van der Waals surface area (Å²) in [7, 11) is 0. The van der Waals surface area contributed by atoms with Gasteiger partial charge in [-0.15, -0.1) is 0 Å². The summed E-state index contributed by atoms with van der Waals surface area (Å²) >= 11 is 0. The van der Waals surface area contributed by atoms with E-state index in [0.29, 0.717) is 0 Å². The minimum absolute atomic E-state index is 0.00203. The Bertz CT molecular complexity index is 1020. The highest BCUT2D eigenvalue weighted by atomic mass is 16.5. The Hall–Kier alpha value is -3.35. The zero-order chi connectivity index (χ0) is 25.0. The Kier molecular flexibility index (Phi) is 7.64. The van der Waals surface area contributed by atoms with Gasteiger partial charge in [-0.25, -0.2) is 4.79 Å². The zero-order valence-corrected chi connectivity index (χ0v) is 20.4. The topological polar surface area (TPSA) is 105 Å². The molecule has 0 aliphatic heterocycles. The maximum absolute atomic E-state index is 12.8. The number of alkyl carbamates (subject to hydrolysis) is 1. The molecule has 2 amide bonds. The third kappa shape index (κ3) is 5.41. The summed E-state index contributed by atoms with van der Waals surface area (Å²) in [5, 5.41) is 14.8. The molecule has 0 fully saturated rings. The monoisotopic (exact) mass is 466 g/mol. The minimum atomic E-state index is -1.08. The Labute approximate surface area is 200 Å². The lowest BCUT2D eigenvalue weighted by Gasteiger charge is -2.29. The normalized spacial score (nSPS) is 14.6. The smallest absolute Gasteiger partial charge is 0.407 e. The summed E-state index contributed by atoms with van der Waals surface area (Å²) in [6.07, 6.45) is -0.585. The van der Waals surface area contributed by atoms with Gasteiger partial charge in [-0.1, -0.05) is 62.4 Å². The van der Waals surface area contributed by atoms with E-state index in [0.717, 1.165) is 22.3 Å². The van der Waals surface area contributed by atoms with Crippen LogP contribution in [-0.4, -0.2) is 42.3 Å². The highest BCUT2D eigenvalue weighted by Gasteiger charge is 2.34. The lowest BCUT2D eigenvalue weighted by atomic mass is 9.87. The third-order valence-electron chi connectivity index (χ3n) is 6.53. The molecular weight excluding hydrogens is 432 g/mol. The molecule has 34 heavy (non-hydrogen) atoms. The summed E-state index contributed by atoms with van der Waals surface area (Å²) in [6.45, 7) is 8.84. The van der Waals surface area contributed by atoms with Gasteiger partial charge in [-0.2, -0.15) is 0 Å². The molecule has 1 aliphatic carbocycles. The van der Waals surface area contributed by atoms with Crippen molar-refractivity contribution >= 4 is 18.0 Å². The van der Waals surface area contributed by atoms with E-state index >= 15 is 0 Å². The van der Waals surface area contributed by atoms with Crippen LogP contribution in [0.3, 0.4) is 0 Å². The van der Waals surface area contributed by atoms with E-state index in [1.165, 1.54) is 0 Å². The van der Waals surface area contributed by atoms with Crippen molar-refractivity contribution in [2.75, 3.05) is 13.2 Å². The van der Waals surface area contributed by atoms with E-state index in [1.807, 2.05) is 38.1 Å². The molecule has 2 atom stereocenters. The molecule has 2 aromatic rings. The number of amides is 2. The van der Waals surface area contributed by atoms with Gasteiger partial charge in [0.1, 0.15) is 6.61 Å². The standard InChI is InChI=1S/C27H34N2O5/c1-16(2)23(24(30)28-15-27(4,5)25(31)32)17(3)29-26(33)34-14-22-20-12-8-6-10-18(20)19-11-7-9-13-21(19)22/h6-13,16-17,22-23H,14-15H2,1-5H3,(H,28,30)(H,29,33)(H,31,32). The van der Waals surface area contributed by atoms with Crippen molar-refractivity contribution in [2.24, 2.45) is 17.3 Å². The van der Waals surface area contributed by atoms with E-state index in [4.69, 9.17) is 4.74 Å². The summed E-state index contributed by atoms with van der Waals surface area (Å²) in [5.74, 6) is -1.94. The number of aliphatic carboxylic acids is 1. The summed E-state index contributed by atoms with van der Waals surface area (Å²) in [5.41, 5.74) is 3.48. The van der Waals surface area contributed by atoms with Crippen LogP contribution in [0.5, 0.6) is 0 Å². The van der Waals surface area contributed by atoms with Crippen LogP contribution in [0, 0.1) is 17.3 Å². The molecule has 3 rings (SSSR count). The highest BCUT2D eigenvalue weighted by molar-refractivity contribution is 5.82. The lowest BCUT2D eigenvalue weighted by molar-refractivity contribution is -0.147. The van der Waals surface area contributed by atoms with Crippen LogP contribution in [0.25, 0.3) is 11.1 Å². The first kappa shape index (κ1) is 25.3. The fraction of sp³-hybridized carbons (Fsp3) is 0.444. The molecule has 0 radical (unpaired) electrons. The van der Waals surface area contributed by atoms with E-state index in [-0.39, 0.29) is 30.9 Å². The van der Waals surface area contributed by atoms with Gasteiger partial charge in [0.25, 0.3) is 0 Å². The van der Waals surface area contributed by atoms with Gasteiger partial charge in [0.2, 0.25) is 5.91 Å². The van der Waals surface area contributed by atoms with Crippen molar-refractivity contribution in [3.63, 3.8) is 0 Å². The Morgan fingerprint density at radius 1 is 0.971 bits per heavy atom. The number of ether oxygens (including phenoxy) is 1. The van der Waals surface area contributed by atoms with Crippen LogP contribution >= 0.6 is 0 Å². The molecule has 1 aliphatic rings. The molecule has 3 N–H and O–H groups in total. The van der Waals surface area contributed by atoms with E-state index in [9.17, 15) is 19.5 Å². The molecule has 0 bridgehead atoms. The quantitative estimate of drug-likeness (QED) is 0.508. The van der Waals surface area contributed by atoms with E-state index in [2.05, 4.69) is 34.9 Å². The van der Waals surface area contributed by atoms with Crippen LogP contribution in [0.15, 0.2) is 48.5 Å². The second-order valence-corrected chi connectivity index (χ2v) is 9.94. The van der Waals surface area contributed by atoms with Gasteiger partial charge in [-0.3, -0.25) is 9.59 Å². The molecule has 0 heterocycles. The minimum Gasteiger partial charge on any atom is -0.481 e. The highest BCUT2D eigenvalue weighted by Crippen LogP contribution is 2.44. The fourth-order valence-electron chi connectivity index (χ4n) is 4.52. The van der Waals surface area contributed by atoms with Gasteiger partial charge < -0.3 is 20.5 Å². The number of hydrogen-bond acceptors (Lipinski definition) is 4. The van der Waals surface area contributed by atoms with Gasteiger partial charge >= 0.3 is 12.1 Å². The van der Waals surface area contributed by atoms with Crippen molar-refractivity contribution in [3.05, 3.63) is 59.7 Å². The molecule has 2 aromatic carbocycles. The predicted molar refractivity (Wildman–Crippen MR) is 130 cm³/mol. The largest absolute Gasteiger partial charge is 0.481 e. The third-order valence-corrected chi connectivity index (χ3v) is 6.53. The molecule has 0 spiro atoms. The number of carboxylic acids is 1. The number of hydrogen-bond donors (Lipinski definition) is 3. The maximum Gasteiger partial charge on any atom is 0.407 e. The van der Waals surface area contributed by atoms with Gasteiger partial charge in [0.05, 0.1) is 11.3 Å². The lowest BCUT2D eigenvalue weighted by Crippen LogP contribution is -2.49. The van der Waals surface area contributed by atoms with Gasteiger partial charge in [0.15, 0.2) is 0 Å². The molecule has 7 heteroatoms. The van der Waals surface area contributed by atoms with Gasteiger partial charge in [-0.05, 0) is 48.9 Å². The summed E-state index contributed by atoms with van der Waals surface area (Å²) in [4.78, 5) is 36.8. The van der Waals surface area contributed by atoms with Gasteiger partial charge in [0, 0.05) is 18.5 Å². The predicted octanol–water partition coefficient (Wildman–Crippen LogP) is 4.41. The second-order valence-electron chi connectivity index (χ2n) is 9.94. The van der Waals surface area contributed by atoms with Crippen molar-refractivity contribution in [1.29, 1.82) is 0 Å². The molecule has 182 valence electrons. The average Bonchev–Trinajstić information content (AvgIpc) is 3.10. The molecule has 2 unspecified atom stereocenters. The van der Waals surface area contributed by atoms with E-state index < -0.39 is 29.4 Å². The zero-order valence-electron chi connectivity index (χ0n) is 20.4. The Balaban J connectivity index is 1.61. The SMILES string of the molecule is CC(C)C(C(=O)NCC(C)(C)C(=O)O)C(C)NC(=O)OCC1c2ccccc2-c2ccccc21. The van der Waals surface area contributed by atoms with E-state index in [1.54, 1.807) is 20.8 Å². The van der Waals surface area contributed by atoms with Crippen LogP contribution in [-0.2, 0) is 14.3 Å². The van der Waals surface area contributed by atoms with Crippen molar-refractivity contribution in [2.45, 2.75) is 46.6 Å². The maximum atomic E-state index is 12.8. The summed E-state index contributed by atoms with van der Waals surface area (Å²) in [6, 6.07) is 15.7. The molecule has 0 aromatic heterocycles. The number of carboxylic acid groups (broad SMARTS) is 1.